The maximum atomic E-state index is 14.5. The van der Waals surface area contributed by atoms with Crippen LogP contribution in [0.2, 0.25) is 5.02 Å². The number of hydrogen-bond acceptors (Lipinski definition) is 6. The van der Waals surface area contributed by atoms with Crippen molar-refractivity contribution < 1.29 is 13.9 Å². The largest absolute Gasteiger partial charge is 0.488 e. The third-order valence-corrected chi connectivity index (χ3v) is 5.12. The monoisotopic (exact) mass is 488 g/mol. The summed E-state index contributed by atoms with van der Waals surface area (Å²) in [5, 5.41) is 3.41. The Labute approximate surface area is 201 Å². The van der Waals surface area contributed by atoms with Crippen molar-refractivity contribution >= 4 is 29.0 Å². The number of hydrogen-bond donors (Lipinski definition) is 1. The third kappa shape index (κ3) is 6.54. The van der Waals surface area contributed by atoms with Crippen LogP contribution >= 0.6 is 11.6 Å². The number of rotatable bonds is 10. The summed E-state index contributed by atoms with van der Waals surface area (Å²) < 4.78 is 22.2. The Morgan fingerprint density at radius 2 is 1.85 bits per heavy atom. The molecule has 8 nitrogen and oxygen atoms in total. The lowest BCUT2D eigenvalue weighted by Crippen LogP contribution is -2.42. The van der Waals surface area contributed by atoms with Gasteiger partial charge in [-0.3, -0.25) is 4.57 Å². The van der Waals surface area contributed by atoms with Gasteiger partial charge in [-0.15, -0.1) is 0 Å². The van der Waals surface area contributed by atoms with Crippen LogP contribution in [0.15, 0.2) is 52.1 Å². The fourth-order valence-corrected chi connectivity index (χ4v) is 3.40. The second-order valence-corrected chi connectivity index (χ2v) is 8.54. The predicted octanol–water partition coefficient (Wildman–Crippen LogP) is 4.15. The van der Waals surface area contributed by atoms with Crippen LogP contribution in [0.25, 0.3) is 0 Å². The summed E-state index contributed by atoms with van der Waals surface area (Å²) in [5.41, 5.74) is -0.318. The van der Waals surface area contributed by atoms with Crippen molar-refractivity contribution in [2.45, 2.75) is 52.8 Å². The lowest BCUT2D eigenvalue weighted by molar-refractivity contribution is -0.117. The zero-order valence-electron chi connectivity index (χ0n) is 19.2. The number of nitrogens with one attached hydrogen (secondary N) is 1. The topological polar surface area (TPSA) is 95.2 Å². The van der Waals surface area contributed by atoms with Gasteiger partial charge in [0.05, 0.1) is 12.6 Å². The van der Waals surface area contributed by atoms with Crippen LogP contribution in [0.3, 0.4) is 0 Å². The quantitative estimate of drug-likeness (QED) is 0.460. The Morgan fingerprint density at radius 1 is 1.15 bits per heavy atom. The number of ketones is 1. The molecule has 0 aliphatic carbocycles. The molecule has 10 heteroatoms. The number of ether oxygens (including phenoxy) is 1. The molecule has 180 valence electrons. The van der Waals surface area contributed by atoms with E-state index in [4.69, 9.17) is 16.3 Å². The van der Waals surface area contributed by atoms with Gasteiger partial charge in [0.25, 0.3) is 0 Å². The summed E-state index contributed by atoms with van der Waals surface area (Å²) >= 11 is 5.96. The number of benzene rings is 2. The highest BCUT2D eigenvalue weighted by Gasteiger charge is 2.15. The SMILES string of the molecule is CC(=O)CCCn1c(=O)nc(Nc2ccc(OC(C)C)c(F)c2)n(Cc2ccc(Cl)cc2)c1=O. The molecule has 0 spiro atoms. The second-order valence-electron chi connectivity index (χ2n) is 8.11. The first-order chi connectivity index (χ1) is 16.1. The highest BCUT2D eigenvalue weighted by Crippen LogP contribution is 2.24. The van der Waals surface area contributed by atoms with Crippen molar-refractivity contribution in [1.82, 2.24) is 14.1 Å². The van der Waals surface area contributed by atoms with Crippen molar-refractivity contribution in [3.63, 3.8) is 0 Å². The molecule has 34 heavy (non-hydrogen) atoms. The molecule has 1 N–H and O–H groups in total. The number of aromatic nitrogens is 3. The molecule has 0 saturated heterocycles. The first-order valence-corrected chi connectivity index (χ1v) is 11.2. The normalized spacial score (nSPS) is 11.0. The number of carbonyl (C=O) groups excluding carboxylic acids is 1. The molecule has 0 unspecified atom stereocenters. The van der Waals surface area contributed by atoms with Gasteiger partial charge in [0.1, 0.15) is 5.78 Å². The van der Waals surface area contributed by atoms with Gasteiger partial charge in [0, 0.05) is 29.7 Å². The minimum atomic E-state index is -0.761. The van der Waals surface area contributed by atoms with Crippen molar-refractivity contribution in [2.24, 2.45) is 0 Å². The molecule has 1 aromatic heterocycles. The van der Waals surface area contributed by atoms with Crippen LogP contribution in [0.5, 0.6) is 5.75 Å². The van der Waals surface area contributed by atoms with Gasteiger partial charge in [-0.25, -0.2) is 18.5 Å². The average Bonchev–Trinajstić information content (AvgIpc) is 2.76. The van der Waals surface area contributed by atoms with Crippen molar-refractivity contribution in [2.75, 3.05) is 5.32 Å². The minimum Gasteiger partial charge on any atom is -0.488 e. The molecular weight excluding hydrogens is 463 g/mol. The van der Waals surface area contributed by atoms with Gasteiger partial charge in [-0.1, -0.05) is 23.7 Å². The summed E-state index contributed by atoms with van der Waals surface area (Å²) in [6.45, 7) is 5.17. The van der Waals surface area contributed by atoms with E-state index in [0.29, 0.717) is 17.1 Å². The molecule has 3 rings (SSSR count). The maximum absolute atomic E-state index is 14.5. The van der Waals surface area contributed by atoms with Crippen molar-refractivity contribution in [3.05, 3.63) is 79.8 Å². The van der Waals surface area contributed by atoms with E-state index < -0.39 is 17.2 Å². The molecule has 3 aromatic rings. The molecule has 0 radical (unpaired) electrons. The van der Waals surface area contributed by atoms with Gasteiger partial charge in [-0.05, 0) is 57.0 Å². The molecule has 0 atom stereocenters. The molecule has 2 aromatic carbocycles. The lowest BCUT2D eigenvalue weighted by Gasteiger charge is -2.16. The fraction of sp³-hybridized carbons (Fsp3) is 0.333. The molecule has 0 aliphatic rings. The van der Waals surface area contributed by atoms with E-state index >= 15 is 0 Å². The molecule has 0 aliphatic heterocycles. The van der Waals surface area contributed by atoms with E-state index in [1.807, 2.05) is 0 Å². The van der Waals surface area contributed by atoms with E-state index in [0.717, 1.165) is 10.1 Å². The van der Waals surface area contributed by atoms with E-state index in [-0.39, 0.29) is 43.1 Å². The Hall–Kier alpha value is -3.46. The van der Waals surface area contributed by atoms with Gasteiger partial charge in [0.15, 0.2) is 11.6 Å². The van der Waals surface area contributed by atoms with Crippen LogP contribution in [0.4, 0.5) is 16.0 Å². The molecule has 0 saturated carbocycles. The highest BCUT2D eigenvalue weighted by molar-refractivity contribution is 6.30. The smallest absolute Gasteiger partial charge is 0.354 e. The molecule has 0 bridgehead atoms. The number of nitrogens with zero attached hydrogens (tertiary/aromatic N) is 3. The summed E-state index contributed by atoms with van der Waals surface area (Å²) in [4.78, 5) is 41.1. The van der Waals surface area contributed by atoms with Gasteiger partial charge < -0.3 is 14.8 Å². The van der Waals surface area contributed by atoms with Gasteiger partial charge >= 0.3 is 11.4 Å². The molecule has 0 fully saturated rings. The summed E-state index contributed by atoms with van der Waals surface area (Å²) in [5.74, 6) is -0.576. The summed E-state index contributed by atoms with van der Waals surface area (Å²) in [6, 6.07) is 11.1. The van der Waals surface area contributed by atoms with Gasteiger partial charge in [-0.2, -0.15) is 4.98 Å². The van der Waals surface area contributed by atoms with Crippen molar-refractivity contribution in [1.29, 1.82) is 0 Å². The van der Waals surface area contributed by atoms with E-state index in [1.165, 1.54) is 23.6 Å². The number of halogens is 2. The average molecular weight is 489 g/mol. The summed E-state index contributed by atoms with van der Waals surface area (Å²) in [6.07, 6.45) is 0.380. The first-order valence-electron chi connectivity index (χ1n) is 10.8. The van der Waals surface area contributed by atoms with Crippen LogP contribution in [-0.2, 0) is 17.9 Å². The number of anilines is 2. The van der Waals surface area contributed by atoms with Crippen LogP contribution in [-0.4, -0.2) is 26.0 Å². The second kappa shape index (κ2) is 11.1. The Bertz CT molecular complexity index is 1290. The minimum absolute atomic E-state index is 0.0345. The standard InChI is InChI=1S/C24H26ClFN4O4/c1-15(2)34-21-11-10-19(13-20(21)26)27-22-28-23(32)29(12-4-5-16(3)31)24(33)30(22)14-17-6-8-18(25)9-7-17/h6-11,13,15H,4-5,12,14H2,1-3H3,(H,27,28,32). The van der Waals surface area contributed by atoms with Crippen LogP contribution in [0, 0.1) is 5.82 Å². The zero-order chi connectivity index (χ0) is 24.8. The fourth-order valence-electron chi connectivity index (χ4n) is 3.27. The third-order valence-electron chi connectivity index (χ3n) is 4.87. The van der Waals surface area contributed by atoms with Crippen molar-refractivity contribution in [3.8, 4) is 5.75 Å². The Kier molecular flexibility index (Phi) is 8.22. The first kappa shape index (κ1) is 25.2. The zero-order valence-corrected chi connectivity index (χ0v) is 19.9. The molecule has 0 amide bonds. The molecular formula is C24H26ClFN4O4. The van der Waals surface area contributed by atoms with E-state index in [2.05, 4.69) is 10.3 Å². The molecule has 1 heterocycles. The summed E-state index contributed by atoms with van der Waals surface area (Å²) in [7, 11) is 0. The van der Waals surface area contributed by atoms with Crippen LogP contribution < -0.4 is 21.4 Å². The number of Topliss-reactive ketones (excluding diaryl/α,β-unsaturated/α-hetero) is 1. The van der Waals surface area contributed by atoms with Gasteiger partial charge in [0.2, 0.25) is 5.95 Å². The maximum Gasteiger partial charge on any atom is 0.354 e. The predicted molar refractivity (Wildman–Crippen MR) is 129 cm³/mol. The van der Waals surface area contributed by atoms with E-state index in [9.17, 15) is 18.8 Å². The lowest BCUT2D eigenvalue weighted by atomic mass is 10.2. The Morgan fingerprint density at radius 3 is 2.47 bits per heavy atom. The number of carbonyl (C=O) groups is 1. The Balaban J connectivity index is 2.00. The van der Waals surface area contributed by atoms with Crippen LogP contribution in [0.1, 0.15) is 39.2 Å². The highest BCUT2D eigenvalue weighted by atomic mass is 35.5. The van der Waals surface area contributed by atoms with E-state index in [1.54, 1.807) is 44.2 Å².